The van der Waals surface area contributed by atoms with Crippen LogP contribution in [0.2, 0.25) is 0 Å². The van der Waals surface area contributed by atoms with Gasteiger partial charge in [-0.15, -0.1) is 0 Å². The van der Waals surface area contributed by atoms with Crippen molar-refractivity contribution in [2.45, 2.75) is 0 Å². The molecule has 0 aliphatic carbocycles. The van der Waals surface area contributed by atoms with Gasteiger partial charge in [-0.05, 0) is 36.4 Å². The summed E-state index contributed by atoms with van der Waals surface area (Å²) in [4.78, 5) is 0. The number of benzene rings is 2. The number of fused-ring (bicyclic) bond motifs is 2. The first-order valence-electron chi connectivity index (χ1n) is 6.51. The van der Waals surface area contributed by atoms with Crippen LogP contribution in [0.3, 0.4) is 0 Å². The van der Waals surface area contributed by atoms with Crippen LogP contribution in [-0.2, 0) is 7.05 Å². The first-order valence-corrected chi connectivity index (χ1v) is 6.51. The van der Waals surface area contributed by atoms with Gasteiger partial charge in [0.15, 0.2) is 11.5 Å². The predicted octanol–water partition coefficient (Wildman–Crippen LogP) is 3.65. The molecule has 2 aromatic carbocycles. The maximum absolute atomic E-state index is 5.38. The SMILES string of the molecule is Cn1ccc2cc(Nc3ccc4c(c3)OCO4)ccc21. The van der Waals surface area contributed by atoms with E-state index in [0.29, 0.717) is 6.79 Å². The molecular weight excluding hydrogens is 252 g/mol. The van der Waals surface area contributed by atoms with Crippen LogP contribution in [0.25, 0.3) is 10.9 Å². The molecule has 4 heteroatoms. The summed E-state index contributed by atoms with van der Waals surface area (Å²) < 4.78 is 12.8. The van der Waals surface area contributed by atoms with Crippen molar-refractivity contribution in [1.82, 2.24) is 4.57 Å². The van der Waals surface area contributed by atoms with Crippen LogP contribution in [-0.4, -0.2) is 11.4 Å². The third-order valence-electron chi connectivity index (χ3n) is 3.55. The molecule has 4 rings (SSSR count). The van der Waals surface area contributed by atoms with E-state index in [-0.39, 0.29) is 0 Å². The zero-order chi connectivity index (χ0) is 13.5. The van der Waals surface area contributed by atoms with Crippen molar-refractivity contribution in [3.8, 4) is 11.5 Å². The Morgan fingerprint density at radius 3 is 2.70 bits per heavy atom. The van der Waals surface area contributed by atoms with E-state index in [1.165, 1.54) is 10.9 Å². The van der Waals surface area contributed by atoms with E-state index in [4.69, 9.17) is 9.47 Å². The zero-order valence-corrected chi connectivity index (χ0v) is 11.1. The van der Waals surface area contributed by atoms with Crippen molar-refractivity contribution in [2.75, 3.05) is 12.1 Å². The number of ether oxygens (including phenoxy) is 2. The van der Waals surface area contributed by atoms with Gasteiger partial charge in [0.25, 0.3) is 0 Å². The highest BCUT2D eigenvalue weighted by molar-refractivity contribution is 5.84. The Bertz CT molecular complexity index is 792. The largest absolute Gasteiger partial charge is 0.454 e. The Morgan fingerprint density at radius 1 is 0.950 bits per heavy atom. The molecule has 0 bridgehead atoms. The summed E-state index contributed by atoms with van der Waals surface area (Å²) in [6.45, 7) is 0.300. The highest BCUT2D eigenvalue weighted by Crippen LogP contribution is 2.35. The molecule has 0 unspecified atom stereocenters. The average molecular weight is 266 g/mol. The molecule has 0 atom stereocenters. The van der Waals surface area contributed by atoms with E-state index in [9.17, 15) is 0 Å². The van der Waals surface area contributed by atoms with Crippen molar-refractivity contribution in [2.24, 2.45) is 7.05 Å². The lowest BCUT2D eigenvalue weighted by Crippen LogP contribution is -1.93. The summed E-state index contributed by atoms with van der Waals surface area (Å²) in [5.41, 5.74) is 3.27. The van der Waals surface area contributed by atoms with Gasteiger partial charge in [0.2, 0.25) is 6.79 Å². The molecule has 0 spiro atoms. The minimum Gasteiger partial charge on any atom is -0.454 e. The van der Waals surface area contributed by atoms with Crippen LogP contribution in [0.5, 0.6) is 11.5 Å². The molecule has 1 aromatic heterocycles. The smallest absolute Gasteiger partial charge is 0.231 e. The van der Waals surface area contributed by atoms with Gasteiger partial charge in [-0.1, -0.05) is 0 Å². The van der Waals surface area contributed by atoms with Crippen molar-refractivity contribution >= 4 is 22.3 Å². The topological polar surface area (TPSA) is 35.4 Å². The Kier molecular flexibility index (Phi) is 2.36. The van der Waals surface area contributed by atoms with E-state index in [2.05, 4.69) is 40.3 Å². The molecule has 0 radical (unpaired) electrons. The molecule has 20 heavy (non-hydrogen) atoms. The monoisotopic (exact) mass is 266 g/mol. The zero-order valence-electron chi connectivity index (χ0n) is 11.1. The lowest BCUT2D eigenvalue weighted by molar-refractivity contribution is 0.174. The summed E-state index contributed by atoms with van der Waals surface area (Å²) in [7, 11) is 2.05. The Balaban J connectivity index is 1.66. The fourth-order valence-electron chi connectivity index (χ4n) is 2.50. The second kappa shape index (κ2) is 4.20. The van der Waals surface area contributed by atoms with Crippen molar-refractivity contribution in [3.05, 3.63) is 48.7 Å². The Hall–Kier alpha value is -2.62. The maximum atomic E-state index is 5.38. The quantitative estimate of drug-likeness (QED) is 0.769. The molecule has 1 aliphatic rings. The second-order valence-corrected chi connectivity index (χ2v) is 4.89. The number of aryl methyl sites for hydroxylation is 1. The van der Waals surface area contributed by atoms with Gasteiger partial charge in [0, 0.05) is 41.6 Å². The lowest BCUT2D eigenvalue weighted by Gasteiger charge is -2.08. The van der Waals surface area contributed by atoms with Gasteiger partial charge >= 0.3 is 0 Å². The number of anilines is 2. The molecule has 1 aliphatic heterocycles. The summed E-state index contributed by atoms with van der Waals surface area (Å²) in [6.07, 6.45) is 2.06. The van der Waals surface area contributed by atoms with Gasteiger partial charge in [-0.25, -0.2) is 0 Å². The normalized spacial score (nSPS) is 12.8. The fourth-order valence-corrected chi connectivity index (χ4v) is 2.50. The van der Waals surface area contributed by atoms with Gasteiger partial charge in [-0.2, -0.15) is 0 Å². The number of nitrogens with one attached hydrogen (secondary N) is 1. The van der Waals surface area contributed by atoms with Crippen molar-refractivity contribution < 1.29 is 9.47 Å². The van der Waals surface area contributed by atoms with Crippen LogP contribution in [0.1, 0.15) is 0 Å². The minimum atomic E-state index is 0.300. The number of nitrogens with zero attached hydrogens (tertiary/aromatic N) is 1. The molecule has 4 nitrogen and oxygen atoms in total. The number of aromatic nitrogens is 1. The van der Waals surface area contributed by atoms with E-state index in [0.717, 1.165) is 22.9 Å². The van der Waals surface area contributed by atoms with Crippen LogP contribution < -0.4 is 14.8 Å². The van der Waals surface area contributed by atoms with E-state index in [1.807, 2.05) is 25.2 Å². The number of hydrogen-bond donors (Lipinski definition) is 1. The van der Waals surface area contributed by atoms with Gasteiger partial charge in [0.1, 0.15) is 0 Å². The molecule has 0 amide bonds. The van der Waals surface area contributed by atoms with Crippen LogP contribution in [0.15, 0.2) is 48.7 Å². The minimum absolute atomic E-state index is 0.300. The average Bonchev–Trinajstić information content (AvgIpc) is 3.05. The predicted molar refractivity (Wildman–Crippen MR) is 78.8 cm³/mol. The first-order chi connectivity index (χ1) is 9.79. The molecule has 0 fully saturated rings. The third-order valence-corrected chi connectivity index (χ3v) is 3.55. The fraction of sp³-hybridized carbons (Fsp3) is 0.125. The van der Waals surface area contributed by atoms with Gasteiger partial charge in [-0.3, -0.25) is 0 Å². The van der Waals surface area contributed by atoms with E-state index >= 15 is 0 Å². The molecule has 2 heterocycles. The molecular formula is C16H14N2O2. The van der Waals surface area contributed by atoms with Crippen molar-refractivity contribution in [3.63, 3.8) is 0 Å². The summed E-state index contributed by atoms with van der Waals surface area (Å²) in [6, 6.07) is 14.3. The molecule has 3 aromatic rings. The molecule has 0 saturated heterocycles. The summed E-state index contributed by atoms with van der Waals surface area (Å²) >= 11 is 0. The number of hydrogen-bond acceptors (Lipinski definition) is 3. The third kappa shape index (κ3) is 1.77. The van der Waals surface area contributed by atoms with Gasteiger partial charge in [0.05, 0.1) is 0 Å². The Labute approximate surface area is 116 Å². The molecule has 0 saturated carbocycles. The van der Waals surface area contributed by atoms with Crippen LogP contribution in [0, 0.1) is 0 Å². The first kappa shape index (κ1) is 11.2. The highest BCUT2D eigenvalue weighted by atomic mass is 16.7. The van der Waals surface area contributed by atoms with Crippen LogP contribution in [0.4, 0.5) is 11.4 Å². The van der Waals surface area contributed by atoms with Crippen LogP contribution >= 0.6 is 0 Å². The van der Waals surface area contributed by atoms with Gasteiger partial charge < -0.3 is 19.4 Å². The van der Waals surface area contributed by atoms with Crippen molar-refractivity contribution in [1.29, 1.82) is 0 Å². The summed E-state index contributed by atoms with van der Waals surface area (Å²) in [5, 5.41) is 4.61. The maximum Gasteiger partial charge on any atom is 0.231 e. The molecule has 100 valence electrons. The lowest BCUT2D eigenvalue weighted by atomic mass is 10.2. The highest BCUT2D eigenvalue weighted by Gasteiger charge is 2.13. The Morgan fingerprint density at radius 2 is 1.75 bits per heavy atom. The second-order valence-electron chi connectivity index (χ2n) is 4.89. The standard InChI is InChI=1S/C16H14N2O2/c1-18-7-6-11-8-12(2-4-14(11)18)17-13-3-5-15-16(9-13)20-10-19-15/h2-9,17H,10H2,1H3. The number of rotatable bonds is 2. The van der Waals surface area contributed by atoms with E-state index < -0.39 is 0 Å². The van der Waals surface area contributed by atoms with E-state index in [1.54, 1.807) is 0 Å². The molecule has 1 N–H and O–H groups in total. The summed E-state index contributed by atoms with van der Waals surface area (Å²) in [5.74, 6) is 1.59.